The first-order valence-corrected chi connectivity index (χ1v) is 4.32. The predicted molar refractivity (Wildman–Crippen MR) is 50.3 cm³/mol. The molecule has 0 spiro atoms. The van der Waals surface area contributed by atoms with Gasteiger partial charge in [0.1, 0.15) is 12.0 Å². The van der Waals surface area contributed by atoms with Gasteiger partial charge in [-0.3, -0.25) is 0 Å². The number of nitrogens with two attached hydrogens (primary N) is 1. The van der Waals surface area contributed by atoms with Crippen LogP contribution >= 0.6 is 0 Å². The van der Waals surface area contributed by atoms with Crippen molar-refractivity contribution in [2.24, 2.45) is 5.73 Å². The van der Waals surface area contributed by atoms with Gasteiger partial charge in [0.25, 0.3) is 0 Å². The first-order chi connectivity index (χ1) is 6.90. The molecular formula is C9H10N4O. The topological polar surface area (TPSA) is 77.8 Å². The standard InChI is InChI=1S/C9H10N4O/c10-3-1-7-5-9(14-13-7)8-2-4-11-6-12-8/h2,4-6H,1,3,10H2. The van der Waals surface area contributed by atoms with Crippen molar-refractivity contribution in [3.05, 3.63) is 30.4 Å². The lowest BCUT2D eigenvalue weighted by molar-refractivity contribution is 0.422. The average Bonchev–Trinajstić information content (AvgIpc) is 2.68. The van der Waals surface area contributed by atoms with Crippen LogP contribution in [0.4, 0.5) is 0 Å². The first-order valence-electron chi connectivity index (χ1n) is 4.32. The van der Waals surface area contributed by atoms with E-state index in [9.17, 15) is 0 Å². The number of hydrogen-bond donors (Lipinski definition) is 1. The predicted octanol–water partition coefficient (Wildman–Crippen LogP) is 0.633. The van der Waals surface area contributed by atoms with Crippen molar-refractivity contribution in [1.82, 2.24) is 15.1 Å². The van der Waals surface area contributed by atoms with E-state index in [0.29, 0.717) is 18.7 Å². The number of hydrogen-bond acceptors (Lipinski definition) is 5. The summed E-state index contributed by atoms with van der Waals surface area (Å²) in [5.74, 6) is 0.649. The van der Waals surface area contributed by atoms with Gasteiger partial charge >= 0.3 is 0 Å². The van der Waals surface area contributed by atoms with Crippen LogP contribution in [0.25, 0.3) is 11.5 Å². The summed E-state index contributed by atoms with van der Waals surface area (Å²) in [6, 6.07) is 3.61. The quantitative estimate of drug-likeness (QED) is 0.768. The summed E-state index contributed by atoms with van der Waals surface area (Å²) in [4.78, 5) is 7.87. The third-order valence-corrected chi connectivity index (χ3v) is 1.79. The zero-order chi connectivity index (χ0) is 9.80. The average molecular weight is 190 g/mol. The Morgan fingerprint density at radius 3 is 3.07 bits per heavy atom. The van der Waals surface area contributed by atoms with Crippen molar-refractivity contribution in [1.29, 1.82) is 0 Å². The summed E-state index contributed by atoms with van der Waals surface area (Å²) >= 11 is 0. The minimum Gasteiger partial charge on any atom is -0.354 e. The van der Waals surface area contributed by atoms with Crippen molar-refractivity contribution < 1.29 is 4.52 Å². The van der Waals surface area contributed by atoms with E-state index in [1.54, 1.807) is 12.3 Å². The van der Waals surface area contributed by atoms with E-state index in [-0.39, 0.29) is 0 Å². The highest BCUT2D eigenvalue weighted by atomic mass is 16.5. The molecule has 2 heterocycles. The van der Waals surface area contributed by atoms with E-state index >= 15 is 0 Å². The Kier molecular flexibility index (Phi) is 2.51. The number of rotatable bonds is 3. The van der Waals surface area contributed by atoms with Crippen molar-refractivity contribution in [2.75, 3.05) is 6.54 Å². The summed E-state index contributed by atoms with van der Waals surface area (Å²) in [5.41, 5.74) is 6.98. The van der Waals surface area contributed by atoms with Gasteiger partial charge in [-0.15, -0.1) is 0 Å². The summed E-state index contributed by atoms with van der Waals surface area (Å²) < 4.78 is 5.11. The Hall–Kier alpha value is -1.75. The molecule has 0 atom stereocenters. The van der Waals surface area contributed by atoms with E-state index in [1.807, 2.05) is 6.07 Å². The molecule has 5 nitrogen and oxygen atoms in total. The van der Waals surface area contributed by atoms with Gasteiger partial charge in [0.2, 0.25) is 0 Å². The van der Waals surface area contributed by atoms with Crippen molar-refractivity contribution >= 4 is 0 Å². The molecule has 2 rings (SSSR count). The smallest absolute Gasteiger partial charge is 0.185 e. The van der Waals surface area contributed by atoms with E-state index < -0.39 is 0 Å². The molecule has 0 amide bonds. The number of nitrogens with zero attached hydrogens (tertiary/aromatic N) is 3. The van der Waals surface area contributed by atoms with Crippen molar-refractivity contribution in [3.63, 3.8) is 0 Å². The van der Waals surface area contributed by atoms with Crippen LogP contribution in [0.15, 0.2) is 29.2 Å². The summed E-state index contributed by atoms with van der Waals surface area (Å²) in [7, 11) is 0. The summed E-state index contributed by atoms with van der Waals surface area (Å²) in [6.07, 6.45) is 3.85. The normalized spacial score (nSPS) is 10.4. The van der Waals surface area contributed by atoms with Gasteiger partial charge in [-0.05, 0) is 12.6 Å². The van der Waals surface area contributed by atoms with Gasteiger partial charge in [0.05, 0.1) is 5.69 Å². The molecule has 72 valence electrons. The molecule has 0 fully saturated rings. The SMILES string of the molecule is NCCc1cc(-c2ccncn2)on1. The van der Waals surface area contributed by atoms with E-state index in [4.69, 9.17) is 10.3 Å². The minimum absolute atomic E-state index is 0.565. The van der Waals surface area contributed by atoms with Gasteiger partial charge < -0.3 is 10.3 Å². The largest absolute Gasteiger partial charge is 0.354 e. The van der Waals surface area contributed by atoms with Gasteiger partial charge in [0.15, 0.2) is 5.76 Å². The van der Waals surface area contributed by atoms with Gasteiger partial charge in [-0.2, -0.15) is 0 Å². The van der Waals surface area contributed by atoms with Crippen LogP contribution in [-0.4, -0.2) is 21.7 Å². The highest BCUT2D eigenvalue weighted by molar-refractivity contribution is 5.50. The Morgan fingerprint density at radius 1 is 1.43 bits per heavy atom. The molecule has 5 heteroatoms. The fourth-order valence-corrected chi connectivity index (χ4v) is 1.13. The molecule has 0 bridgehead atoms. The minimum atomic E-state index is 0.565. The second-order valence-electron chi connectivity index (χ2n) is 2.82. The number of aromatic nitrogens is 3. The van der Waals surface area contributed by atoms with Gasteiger partial charge in [-0.1, -0.05) is 5.16 Å². The van der Waals surface area contributed by atoms with E-state index in [1.165, 1.54) is 6.33 Å². The van der Waals surface area contributed by atoms with Gasteiger partial charge in [-0.25, -0.2) is 9.97 Å². The molecule has 2 N–H and O–H groups in total. The van der Waals surface area contributed by atoms with Gasteiger partial charge in [0, 0.05) is 18.7 Å². The molecular weight excluding hydrogens is 180 g/mol. The highest BCUT2D eigenvalue weighted by Crippen LogP contribution is 2.16. The van der Waals surface area contributed by atoms with Crippen LogP contribution in [0.3, 0.4) is 0 Å². The lowest BCUT2D eigenvalue weighted by atomic mass is 10.2. The molecule has 2 aromatic heterocycles. The van der Waals surface area contributed by atoms with Crippen LogP contribution < -0.4 is 5.73 Å². The third-order valence-electron chi connectivity index (χ3n) is 1.79. The maximum absolute atomic E-state index is 5.40. The third kappa shape index (κ3) is 1.77. The maximum atomic E-state index is 5.40. The molecule has 0 aliphatic carbocycles. The fourth-order valence-electron chi connectivity index (χ4n) is 1.13. The molecule has 0 saturated carbocycles. The van der Waals surface area contributed by atoms with Crippen LogP contribution in [0.5, 0.6) is 0 Å². The maximum Gasteiger partial charge on any atom is 0.185 e. The molecule has 0 saturated heterocycles. The Morgan fingerprint density at radius 2 is 2.36 bits per heavy atom. The molecule has 14 heavy (non-hydrogen) atoms. The lowest BCUT2D eigenvalue weighted by Gasteiger charge is -1.89. The van der Waals surface area contributed by atoms with E-state index in [2.05, 4.69) is 15.1 Å². The van der Waals surface area contributed by atoms with Crippen molar-refractivity contribution in [3.8, 4) is 11.5 Å². The van der Waals surface area contributed by atoms with Crippen molar-refractivity contribution in [2.45, 2.75) is 6.42 Å². The highest BCUT2D eigenvalue weighted by Gasteiger charge is 2.06. The Bertz CT molecular complexity index is 398. The fraction of sp³-hybridized carbons (Fsp3) is 0.222. The second-order valence-corrected chi connectivity index (χ2v) is 2.82. The summed E-state index contributed by atoms with van der Waals surface area (Å²) in [5, 5.41) is 3.87. The summed E-state index contributed by atoms with van der Waals surface area (Å²) in [6.45, 7) is 0.565. The molecule has 0 unspecified atom stereocenters. The molecule has 0 aromatic carbocycles. The van der Waals surface area contributed by atoms with Crippen LogP contribution in [0.2, 0.25) is 0 Å². The monoisotopic (exact) mass is 190 g/mol. The Balaban J connectivity index is 2.25. The molecule has 0 radical (unpaired) electrons. The zero-order valence-electron chi connectivity index (χ0n) is 7.55. The first kappa shape index (κ1) is 8.83. The van der Waals surface area contributed by atoms with Crippen LogP contribution in [-0.2, 0) is 6.42 Å². The Labute approximate surface area is 81.0 Å². The van der Waals surface area contributed by atoms with Crippen LogP contribution in [0.1, 0.15) is 5.69 Å². The molecule has 0 aliphatic heterocycles. The van der Waals surface area contributed by atoms with Crippen LogP contribution in [0, 0.1) is 0 Å². The zero-order valence-corrected chi connectivity index (χ0v) is 7.55. The van der Waals surface area contributed by atoms with E-state index in [0.717, 1.165) is 11.4 Å². The molecule has 0 aliphatic rings. The lowest BCUT2D eigenvalue weighted by Crippen LogP contribution is -2.02. The molecule has 2 aromatic rings. The second kappa shape index (κ2) is 3.97.